The molecule has 0 amide bonds. The maximum Gasteiger partial charge on any atom is 0.246 e. The summed E-state index contributed by atoms with van der Waals surface area (Å²) in [5, 5.41) is 7.21. The molecular weight excluding hydrogens is 272 g/mol. The fourth-order valence-corrected chi connectivity index (χ4v) is 3.61. The Morgan fingerprint density at radius 1 is 1.00 bits per heavy atom. The molecule has 2 aromatic carbocycles. The average Bonchev–Trinajstić information content (AvgIpc) is 2.92. The summed E-state index contributed by atoms with van der Waals surface area (Å²) < 4.78 is 18.0. The molecule has 5 heteroatoms. The Labute approximate surface area is 117 Å². The minimum absolute atomic E-state index is 0.459. The van der Waals surface area contributed by atoms with Crippen molar-refractivity contribution >= 4 is 22.4 Å². The number of hydrogen-bond donors (Lipinski definition) is 1. The van der Waals surface area contributed by atoms with Gasteiger partial charge >= 0.3 is 0 Å². The lowest BCUT2D eigenvalue weighted by molar-refractivity contribution is 0.436. The van der Waals surface area contributed by atoms with Gasteiger partial charge < -0.3 is 9.84 Å². The second-order valence-electron chi connectivity index (χ2n) is 4.45. The van der Waals surface area contributed by atoms with Crippen molar-refractivity contribution in [3.05, 3.63) is 54.6 Å². The van der Waals surface area contributed by atoms with Crippen LogP contribution in [0.2, 0.25) is 0 Å². The lowest BCUT2D eigenvalue weighted by atomic mass is 10.1. The molecule has 0 saturated carbocycles. The van der Waals surface area contributed by atoms with Gasteiger partial charge in [-0.2, -0.15) is 0 Å². The van der Waals surface area contributed by atoms with Crippen LogP contribution in [0.4, 0.5) is 11.6 Å². The molecule has 1 atom stereocenters. The molecule has 0 radical (unpaired) electrons. The molecule has 1 aliphatic rings. The number of rotatable bonds is 1. The van der Waals surface area contributed by atoms with Crippen molar-refractivity contribution in [2.75, 3.05) is 5.32 Å². The molecule has 3 aromatic rings. The van der Waals surface area contributed by atoms with Gasteiger partial charge in [0.2, 0.25) is 5.88 Å². The fourth-order valence-electron chi connectivity index (χ4n) is 2.28. The third-order valence-electron chi connectivity index (χ3n) is 3.22. The van der Waals surface area contributed by atoms with Gasteiger partial charge in [0.1, 0.15) is 10.6 Å². The highest BCUT2D eigenvalue weighted by Gasteiger charge is 2.29. The molecule has 1 unspecified atom stereocenters. The van der Waals surface area contributed by atoms with E-state index < -0.39 is 10.8 Å². The van der Waals surface area contributed by atoms with Gasteiger partial charge in [-0.3, -0.25) is 0 Å². The van der Waals surface area contributed by atoms with Crippen LogP contribution in [0.25, 0.3) is 11.3 Å². The van der Waals surface area contributed by atoms with Gasteiger partial charge in [0, 0.05) is 5.56 Å². The van der Waals surface area contributed by atoms with Crippen LogP contribution in [0.5, 0.6) is 0 Å². The third-order valence-corrected chi connectivity index (χ3v) is 4.72. The molecule has 0 saturated heterocycles. The maximum absolute atomic E-state index is 12.7. The van der Waals surface area contributed by atoms with E-state index in [2.05, 4.69) is 10.5 Å². The number of hydrogen-bond acceptors (Lipinski definition) is 4. The molecule has 4 rings (SSSR count). The SMILES string of the molecule is O=S1c2ccccc2Nc2onc(-c3ccccc3)c21. The van der Waals surface area contributed by atoms with Crippen LogP contribution in [0.1, 0.15) is 0 Å². The zero-order valence-electron chi connectivity index (χ0n) is 10.4. The quantitative estimate of drug-likeness (QED) is 0.580. The van der Waals surface area contributed by atoms with E-state index in [0.29, 0.717) is 16.5 Å². The van der Waals surface area contributed by atoms with Crippen LogP contribution in [-0.4, -0.2) is 9.37 Å². The topological polar surface area (TPSA) is 55.1 Å². The summed E-state index contributed by atoms with van der Waals surface area (Å²) in [6.07, 6.45) is 0. The van der Waals surface area contributed by atoms with Crippen molar-refractivity contribution in [3.63, 3.8) is 0 Å². The largest absolute Gasteiger partial charge is 0.337 e. The summed E-state index contributed by atoms with van der Waals surface area (Å²) in [5.41, 5.74) is 2.32. The van der Waals surface area contributed by atoms with Crippen LogP contribution in [0, 0.1) is 0 Å². The van der Waals surface area contributed by atoms with E-state index in [9.17, 15) is 4.21 Å². The third kappa shape index (κ3) is 1.60. The second-order valence-corrected chi connectivity index (χ2v) is 5.83. The van der Waals surface area contributed by atoms with Crippen molar-refractivity contribution in [2.24, 2.45) is 0 Å². The zero-order chi connectivity index (χ0) is 13.5. The Bertz CT molecular complexity index is 812. The van der Waals surface area contributed by atoms with E-state index in [1.165, 1.54) is 0 Å². The normalized spacial score (nSPS) is 16.1. The summed E-state index contributed by atoms with van der Waals surface area (Å²) in [4.78, 5) is 1.36. The molecule has 2 heterocycles. The summed E-state index contributed by atoms with van der Waals surface area (Å²) in [7, 11) is -1.29. The number of nitrogens with zero attached hydrogens (tertiary/aromatic N) is 1. The molecule has 1 N–H and O–H groups in total. The molecule has 98 valence electrons. The highest BCUT2D eigenvalue weighted by atomic mass is 32.2. The maximum atomic E-state index is 12.7. The smallest absolute Gasteiger partial charge is 0.246 e. The number of benzene rings is 2. The van der Waals surface area contributed by atoms with Gasteiger partial charge in [-0.25, -0.2) is 4.21 Å². The molecule has 0 bridgehead atoms. The number of nitrogens with one attached hydrogen (secondary N) is 1. The zero-order valence-corrected chi connectivity index (χ0v) is 11.2. The van der Waals surface area contributed by atoms with E-state index in [1.807, 2.05) is 54.6 Å². The lowest BCUT2D eigenvalue weighted by Gasteiger charge is -2.15. The van der Waals surface area contributed by atoms with E-state index in [1.54, 1.807) is 0 Å². The first-order valence-electron chi connectivity index (χ1n) is 6.17. The Kier molecular flexibility index (Phi) is 2.47. The van der Waals surface area contributed by atoms with Crippen LogP contribution in [0.3, 0.4) is 0 Å². The standard InChI is InChI=1S/C15H10N2O2S/c18-20-12-9-5-4-8-11(12)16-15-14(20)13(17-19-15)10-6-2-1-3-7-10/h1-9,16H. The van der Waals surface area contributed by atoms with Crippen LogP contribution < -0.4 is 5.32 Å². The second kappa shape index (κ2) is 4.31. The van der Waals surface area contributed by atoms with E-state index in [0.717, 1.165) is 16.1 Å². The molecular formula is C15H10N2O2S. The highest BCUT2D eigenvalue weighted by Crippen LogP contribution is 2.41. The predicted octanol–water partition coefficient (Wildman–Crippen LogP) is 3.57. The molecule has 0 fully saturated rings. The first kappa shape index (κ1) is 11.4. The van der Waals surface area contributed by atoms with Crippen molar-refractivity contribution in [3.8, 4) is 11.3 Å². The Morgan fingerprint density at radius 2 is 1.75 bits per heavy atom. The van der Waals surface area contributed by atoms with Crippen molar-refractivity contribution in [2.45, 2.75) is 9.79 Å². The minimum atomic E-state index is -1.29. The van der Waals surface area contributed by atoms with Gasteiger partial charge in [-0.05, 0) is 12.1 Å². The van der Waals surface area contributed by atoms with Gasteiger partial charge in [0.05, 0.1) is 21.4 Å². The average molecular weight is 282 g/mol. The van der Waals surface area contributed by atoms with Gasteiger partial charge in [-0.15, -0.1) is 0 Å². The van der Waals surface area contributed by atoms with Crippen LogP contribution in [-0.2, 0) is 10.8 Å². The van der Waals surface area contributed by atoms with Gasteiger partial charge in [0.25, 0.3) is 0 Å². The van der Waals surface area contributed by atoms with Crippen molar-refractivity contribution < 1.29 is 8.73 Å². The summed E-state index contributed by atoms with van der Waals surface area (Å²) in [6, 6.07) is 17.1. The number of aromatic nitrogens is 1. The Hall–Kier alpha value is -2.40. The lowest BCUT2D eigenvalue weighted by Crippen LogP contribution is -2.07. The summed E-state index contributed by atoms with van der Waals surface area (Å²) in [6.45, 7) is 0. The Morgan fingerprint density at radius 3 is 2.60 bits per heavy atom. The van der Waals surface area contributed by atoms with E-state index in [-0.39, 0.29) is 0 Å². The number of fused-ring (bicyclic) bond motifs is 2. The first-order valence-corrected chi connectivity index (χ1v) is 7.32. The molecule has 20 heavy (non-hydrogen) atoms. The monoisotopic (exact) mass is 282 g/mol. The molecule has 1 aliphatic heterocycles. The fraction of sp³-hybridized carbons (Fsp3) is 0. The minimum Gasteiger partial charge on any atom is -0.337 e. The van der Waals surface area contributed by atoms with Crippen LogP contribution in [0.15, 0.2) is 68.9 Å². The van der Waals surface area contributed by atoms with E-state index >= 15 is 0 Å². The summed E-state index contributed by atoms with van der Waals surface area (Å²) >= 11 is 0. The molecule has 0 aliphatic carbocycles. The number of para-hydroxylation sites is 1. The predicted molar refractivity (Wildman–Crippen MR) is 76.3 cm³/mol. The van der Waals surface area contributed by atoms with Crippen LogP contribution >= 0.6 is 0 Å². The number of anilines is 2. The highest BCUT2D eigenvalue weighted by molar-refractivity contribution is 7.85. The molecule has 1 aromatic heterocycles. The first-order chi connectivity index (χ1) is 9.84. The van der Waals surface area contributed by atoms with Crippen molar-refractivity contribution in [1.82, 2.24) is 5.16 Å². The van der Waals surface area contributed by atoms with E-state index in [4.69, 9.17) is 4.52 Å². The van der Waals surface area contributed by atoms with Gasteiger partial charge in [-0.1, -0.05) is 47.6 Å². The molecule has 0 spiro atoms. The van der Waals surface area contributed by atoms with Gasteiger partial charge in [0.15, 0.2) is 0 Å². The van der Waals surface area contributed by atoms with Crippen molar-refractivity contribution in [1.29, 1.82) is 0 Å². The summed E-state index contributed by atoms with van der Waals surface area (Å²) in [5.74, 6) is 0.459. The Balaban J connectivity index is 1.91. The molecule has 4 nitrogen and oxygen atoms in total.